The predicted octanol–water partition coefficient (Wildman–Crippen LogP) is 1.20. The van der Waals surface area contributed by atoms with Crippen molar-refractivity contribution >= 4 is 17.3 Å². The number of hydrogen-bond donors (Lipinski definition) is 2. The number of nitrogens with one attached hydrogen (secondary N) is 1. The zero-order valence-electron chi connectivity index (χ0n) is 8.87. The Kier molecular flexibility index (Phi) is 3.31. The quantitative estimate of drug-likeness (QED) is 0.723. The van der Waals surface area contributed by atoms with Gasteiger partial charge in [-0.25, -0.2) is 0 Å². The fourth-order valence-corrected chi connectivity index (χ4v) is 2.02. The number of morpholine rings is 1. The average molecular weight is 240 g/mol. The van der Waals surface area contributed by atoms with Crippen LogP contribution in [0.1, 0.15) is 0 Å². The van der Waals surface area contributed by atoms with Crippen molar-refractivity contribution < 1.29 is 4.74 Å². The molecule has 2 aliphatic rings. The number of nitrogens with two attached hydrogens (primary N) is 1. The third-order valence-corrected chi connectivity index (χ3v) is 2.86. The van der Waals surface area contributed by atoms with Crippen LogP contribution in [0.3, 0.4) is 0 Å². The molecule has 0 aromatic carbocycles. The average Bonchev–Trinajstić information content (AvgIpc) is 2.33. The zero-order chi connectivity index (χ0) is 11.5. The molecule has 0 radical (unpaired) electrons. The molecule has 0 saturated carbocycles. The van der Waals surface area contributed by atoms with E-state index in [2.05, 4.69) is 4.90 Å². The second-order valence-corrected chi connectivity index (χ2v) is 4.09. The molecule has 0 atom stereocenters. The van der Waals surface area contributed by atoms with Crippen molar-refractivity contribution in [1.29, 1.82) is 5.41 Å². The first-order valence-corrected chi connectivity index (χ1v) is 5.53. The monoisotopic (exact) mass is 239 g/mol. The van der Waals surface area contributed by atoms with Crippen molar-refractivity contribution in [2.45, 2.75) is 0 Å². The molecule has 86 valence electrons. The molecule has 1 saturated heterocycles. The standard InChI is InChI=1S/C11H14ClN3O/c12-9-5-8(7-13)11(14)10(6-9)15-1-3-16-4-2-15/h5-7,14H,1-4,13H2/b8-7-,14-11?. The summed E-state index contributed by atoms with van der Waals surface area (Å²) in [6.07, 6.45) is 4.92. The van der Waals surface area contributed by atoms with Crippen LogP contribution in [0.5, 0.6) is 0 Å². The van der Waals surface area contributed by atoms with Gasteiger partial charge >= 0.3 is 0 Å². The molecule has 0 aromatic heterocycles. The molecule has 1 aliphatic heterocycles. The lowest BCUT2D eigenvalue weighted by atomic mass is 10.0. The first kappa shape index (κ1) is 11.2. The lowest BCUT2D eigenvalue weighted by Gasteiger charge is -2.32. The first-order chi connectivity index (χ1) is 7.72. The van der Waals surface area contributed by atoms with Crippen LogP contribution in [0.15, 0.2) is 34.7 Å². The highest BCUT2D eigenvalue weighted by Gasteiger charge is 2.22. The number of hydrogen-bond acceptors (Lipinski definition) is 4. The summed E-state index contributed by atoms with van der Waals surface area (Å²) in [6.45, 7) is 2.95. The van der Waals surface area contributed by atoms with Gasteiger partial charge in [0.2, 0.25) is 0 Å². The van der Waals surface area contributed by atoms with E-state index in [1.165, 1.54) is 6.20 Å². The molecule has 0 bridgehead atoms. The molecule has 3 N–H and O–H groups in total. The molecule has 0 unspecified atom stereocenters. The smallest absolute Gasteiger partial charge is 0.0861 e. The van der Waals surface area contributed by atoms with Gasteiger partial charge in [-0.15, -0.1) is 0 Å². The molecule has 5 heteroatoms. The summed E-state index contributed by atoms with van der Waals surface area (Å²) in [5, 5.41) is 8.63. The summed E-state index contributed by atoms with van der Waals surface area (Å²) in [5.74, 6) is 0. The maximum atomic E-state index is 8.03. The Morgan fingerprint density at radius 2 is 2.06 bits per heavy atom. The Bertz CT molecular complexity index is 392. The fraction of sp³-hybridized carbons (Fsp3) is 0.364. The summed E-state index contributed by atoms with van der Waals surface area (Å²) in [7, 11) is 0. The van der Waals surface area contributed by atoms with Gasteiger partial charge in [0.15, 0.2) is 0 Å². The molecule has 0 amide bonds. The van der Waals surface area contributed by atoms with Crippen LogP contribution < -0.4 is 5.73 Å². The summed E-state index contributed by atoms with van der Waals surface area (Å²) in [6, 6.07) is 0. The number of nitrogens with zero attached hydrogens (tertiary/aromatic N) is 1. The van der Waals surface area contributed by atoms with Gasteiger partial charge in [0, 0.05) is 29.9 Å². The normalized spacial score (nSPS) is 24.4. The Morgan fingerprint density at radius 3 is 2.69 bits per heavy atom. The minimum Gasteiger partial charge on any atom is -0.404 e. The number of ether oxygens (including phenoxy) is 1. The Labute approximate surface area is 99.5 Å². The van der Waals surface area contributed by atoms with Gasteiger partial charge in [-0.1, -0.05) is 11.6 Å². The van der Waals surface area contributed by atoms with Gasteiger partial charge in [0.25, 0.3) is 0 Å². The van der Waals surface area contributed by atoms with Gasteiger partial charge in [-0.2, -0.15) is 0 Å². The van der Waals surface area contributed by atoms with E-state index in [9.17, 15) is 0 Å². The third kappa shape index (κ3) is 2.13. The van der Waals surface area contributed by atoms with E-state index in [-0.39, 0.29) is 0 Å². The van der Waals surface area contributed by atoms with Crippen molar-refractivity contribution in [3.05, 3.63) is 34.7 Å². The Balaban J connectivity index is 2.25. The van der Waals surface area contributed by atoms with E-state index in [0.29, 0.717) is 29.5 Å². The molecule has 1 fully saturated rings. The minimum atomic E-state index is 0.425. The molecular weight excluding hydrogens is 226 g/mol. The SMILES string of the molecule is N=C1C(N2CCOCC2)=CC(Cl)=C/C1=C/N. The zero-order valence-corrected chi connectivity index (χ0v) is 9.63. The molecule has 0 spiro atoms. The van der Waals surface area contributed by atoms with Gasteiger partial charge in [0.1, 0.15) is 0 Å². The summed E-state index contributed by atoms with van der Waals surface area (Å²) in [4.78, 5) is 2.10. The third-order valence-electron chi connectivity index (χ3n) is 2.64. The highest BCUT2D eigenvalue weighted by atomic mass is 35.5. The van der Waals surface area contributed by atoms with Gasteiger partial charge < -0.3 is 15.4 Å². The summed E-state index contributed by atoms with van der Waals surface area (Å²) in [5.41, 5.74) is 7.38. The molecule has 16 heavy (non-hydrogen) atoms. The second-order valence-electron chi connectivity index (χ2n) is 3.66. The highest BCUT2D eigenvalue weighted by molar-refractivity contribution is 6.33. The summed E-state index contributed by atoms with van der Waals surface area (Å²) >= 11 is 6.00. The van der Waals surface area contributed by atoms with Crippen molar-refractivity contribution in [1.82, 2.24) is 4.90 Å². The van der Waals surface area contributed by atoms with Crippen molar-refractivity contribution in [3.8, 4) is 0 Å². The molecule has 1 heterocycles. The van der Waals surface area contributed by atoms with E-state index < -0.39 is 0 Å². The first-order valence-electron chi connectivity index (χ1n) is 5.15. The van der Waals surface area contributed by atoms with Crippen molar-refractivity contribution in [3.63, 3.8) is 0 Å². The molecule has 0 aromatic rings. The van der Waals surface area contributed by atoms with Gasteiger partial charge in [0.05, 0.1) is 24.6 Å². The Hall–Kier alpha value is -1.26. The van der Waals surface area contributed by atoms with Crippen molar-refractivity contribution in [2.75, 3.05) is 26.3 Å². The lowest BCUT2D eigenvalue weighted by Crippen LogP contribution is -2.38. The van der Waals surface area contributed by atoms with E-state index in [0.717, 1.165) is 18.8 Å². The summed E-state index contributed by atoms with van der Waals surface area (Å²) < 4.78 is 5.28. The van der Waals surface area contributed by atoms with Gasteiger partial charge in [-0.3, -0.25) is 5.41 Å². The number of allylic oxidation sites excluding steroid dienone is 4. The molecule has 1 aliphatic carbocycles. The number of halogens is 1. The second kappa shape index (κ2) is 4.72. The Morgan fingerprint density at radius 1 is 1.38 bits per heavy atom. The van der Waals surface area contributed by atoms with Gasteiger partial charge in [-0.05, 0) is 12.2 Å². The van der Waals surface area contributed by atoms with E-state index in [1.54, 1.807) is 6.08 Å². The molecular formula is C11H14ClN3O. The molecule has 2 rings (SSSR count). The van der Waals surface area contributed by atoms with E-state index in [4.69, 9.17) is 27.5 Å². The largest absolute Gasteiger partial charge is 0.404 e. The number of rotatable bonds is 1. The predicted molar refractivity (Wildman–Crippen MR) is 64.4 cm³/mol. The van der Waals surface area contributed by atoms with E-state index in [1.807, 2.05) is 6.08 Å². The van der Waals surface area contributed by atoms with Crippen LogP contribution in [0, 0.1) is 5.41 Å². The fourth-order valence-electron chi connectivity index (χ4n) is 1.80. The van der Waals surface area contributed by atoms with Crippen LogP contribution in [-0.2, 0) is 4.74 Å². The lowest BCUT2D eigenvalue weighted by molar-refractivity contribution is 0.0564. The highest BCUT2D eigenvalue weighted by Crippen LogP contribution is 2.24. The topological polar surface area (TPSA) is 62.3 Å². The molecule has 4 nitrogen and oxygen atoms in total. The van der Waals surface area contributed by atoms with Crippen LogP contribution >= 0.6 is 11.6 Å². The van der Waals surface area contributed by atoms with Crippen LogP contribution in [0.25, 0.3) is 0 Å². The maximum Gasteiger partial charge on any atom is 0.0861 e. The van der Waals surface area contributed by atoms with E-state index >= 15 is 0 Å². The van der Waals surface area contributed by atoms with Crippen LogP contribution in [0.2, 0.25) is 0 Å². The van der Waals surface area contributed by atoms with Crippen LogP contribution in [0.4, 0.5) is 0 Å². The minimum absolute atomic E-state index is 0.425. The maximum absolute atomic E-state index is 8.03. The van der Waals surface area contributed by atoms with Crippen molar-refractivity contribution in [2.24, 2.45) is 5.73 Å². The van der Waals surface area contributed by atoms with Crippen LogP contribution in [-0.4, -0.2) is 36.9 Å².